The second-order valence-corrected chi connectivity index (χ2v) is 9.13. The van der Waals surface area contributed by atoms with Crippen molar-refractivity contribution in [2.75, 3.05) is 0 Å². The number of fused-ring (bicyclic) bond motifs is 4. The fraction of sp³-hybridized carbons (Fsp3) is 0.0667. The van der Waals surface area contributed by atoms with Gasteiger partial charge in [-0.3, -0.25) is 0 Å². The van der Waals surface area contributed by atoms with Crippen LogP contribution in [0.2, 0.25) is 0 Å². The third kappa shape index (κ3) is 3.54. The molecule has 0 saturated heterocycles. The lowest BCUT2D eigenvalue weighted by Gasteiger charge is -2.28. The van der Waals surface area contributed by atoms with E-state index in [1.165, 1.54) is 0 Å². The van der Waals surface area contributed by atoms with Gasteiger partial charge in [0.25, 0.3) is 0 Å². The fourth-order valence-corrected chi connectivity index (χ4v) is 5.42. The molecule has 0 aliphatic heterocycles. The largest absolute Gasteiger partial charge is 0.356 e. The van der Waals surface area contributed by atoms with Crippen LogP contribution in [0, 0.1) is 0 Å². The SMILES string of the molecule is ClC1=Cc2ccccc2[C@@H](O[C@H]2c3ccccc3C=C(Cl)c3ccccc32)c2ccccc21. The summed E-state index contributed by atoms with van der Waals surface area (Å²) in [7, 11) is 0. The van der Waals surface area contributed by atoms with Gasteiger partial charge < -0.3 is 4.74 Å². The predicted molar refractivity (Wildman–Crippen MR) is 138 cm³/mol. The van der Waals surface area contributed by atoms with E-state index in [1.54, 1.807) is 0 Å². The van der Waals surface area contributed by atoms with Gasteiger partial charge in [0, 0.05) is 10.1 Å². The lowest BCUT2D eigenvalue weighted by atomic mass is 9.93. The van der Waals surface area contributed by atoms with E-state index in [2.05, 4.69) is 60.7 Å². The Kier molecular flexibility index (Phi) is 5.19. The van der Waals surface area contributed by atoms with Crippen LogP contribution in [0.1, 0.15) is 56.7 Å². The fourth-order valence-electron chi connectivity index (χ4n) is 4.84. The van der Waals surface area contributed by atoms with E-state index < -0.39 is 0 Å². The summed E-state index contributed by atoms with van der Waals surface area (Å²) in [6, 6.07) is 33.1. The summed E-state index contributed by atoms with van der Waals surface area (Å²) >= 11 is 13.5. The lowest BCUT2D eigenvalue weighted by Crippen LogP contribution is -2.15. The zero-order valence-electron chi connectivity index (χ0n) is 17.7. The molecular formula is C30H20Cl2O. The van der Waals surface area contributed by atoms with Crippen LogP contribution in [0.25, 0.3) is 22.2 Å². The van der Waals surface area contributed by atoms with Gasteiger partial charge in [-0.1, -0.05) is 120 Å². The third-order valence-electron chi connectivity index (χ3n) is 6.39. The highest BCUT2D eigenvalue weighted by Gasteiger charge is 2.31. The van der Waals surface area contributed by atoms with Crippen LogP contribution in [-0.4, -0.2) is 0 Å². The quantitative estimate of drug-likeness (QED) is 0.287. The molecule has 0 bridgehead atoms. The van der Waals surface area contributed by atoms with Crippen molar-refractivity contribution in [2.45, 2.75) is 12.2 Å². The molecule has 0 fully saturated rings. The molecule has 2 aliphatic rings. The van der Waals surface area contributed by atoms with Crippen LogP contribution in [0.4, 0.5) is 0 Å². The molecule has 0 saturated carbocycles. The average molecular weight is 467 g/mol. The molecule has 1 nitrogen and oxygen atoms in total. The van der Waals surface area contributed by atoms with Crippen molar-refractivity contribution >= 4 is 45.4 Å². The first-order valence-corrected chi connectivity index (χ1v) is 11.7. The van der Waals surface area contributed by atoms with Crippen LogP contribution >= 0.6 is 23.2 Å². The van der Waals surface area contributed by atoms with Crippen molar-refractivity contribution in [3.63, 3.8) is 0 Å². The van der Waals surface area contributed by atoms with Gasteiger partial charge in [0.1, 0.15) is 12.2 Å². The molecule has 0 radical (unpaired) electrons. The maximum Gasteiger partial charge on any atom is 0.110 e. The predicted octanol–water partition coefficient (Wildman–Crippen LogP) is 8.68. The number of benzene rings is 4. The Morgan fingerprint density at radius 1 is 0.455 bits per heavy atom. The minimum atomic E-state index is -0.298. The molecule has 0 heterocycles. The molecule has 0 unspecified atom stereocenters. The second-order valence-electron chi connectivity index (χ2n) is 8.31. The van der Waals surface area contributed by atoms with Crippen LogP contribution in [0.3, 0.4) is 0 Å². The van der Waals surface area contributed by atoms with E-state index in [-0.39, 0.29) is 12.2 Å². The van der Waals surface area contributed by atoms with Crippen molar-refractivity contribution in [1.29, 1.82) is 0 Å². The van der Waals surface area contributed by atoms with Crippen molar-refractivity contribution in [3.8, 4) is 0 Å². The zero-order chi connectivity index (χ0) is 22.4. The van der Waals surface area contributed by atoms with E-state index in [0.29, 0.717) is 0 Å². The Bertz CT molecular complexity index is 1320. The molecule has 0 spiro atoms. The van der Waals surface area contributed by atoms with Crippen LogP contribution in [-0.2, 0) is 4.74 Å². The number of hydrogen-bond acceptors (Lipinski definition) is 1. The lowest BCUT2D eigenvalue weighted by molar-refractivity contribution is 0.0306. The summed E-state index contributed by atoms with van der Waals surface area (Å²) < 4.78 is 7.11. The highest BCUT2D eigenvalue weighted by atomic mass is 35.5. The molecule has 0 N–H and O–H groups in total. The van der Waals surface area contributed by atoms with Crippen molar-refractivity contribution in [1.82, 2.24) is 0 Å². The van der Waals surface area contributed by atoms with E-state index >= 15 is 0 Å². The Morgan fingerprint density at radius 3 is 1.27 bits per heavy atom. The molecule has 0 aromatic heterocycles. The Balaban J connectivity index is 1.57. The highest BCUT2D eigenvalue weighted by molar-refractivity contribution is 6.52. The minimum Gasteiger partial charge on any atom is -0.356 e. The topological polar surface area (TPSA) is 9.23 Å². The highest BCUT2D eigenvalue weighted by Crippen LogP contribution is 2.46. The molecule has 2 aliphatic carbocycles. The summed E-state index contributed by atoms with van der Waals surface area (Å²) in [4.78, 5) is 0. The van der Waals surface area contributed by atoms with Gasteiger partial charge in [-0.15, -0.1) is 0 Å². The molecule has 2 atom stereocenters. The first-order valence-electron chi connectivity index (χ1n) is 11.0. The van der Waals surface area contributed by atoms with Crippen LogP contribution in [0.15, 0.2) is 97.1 Å². The van der Waals surface area contributed by atoms with Crippen LogP contribution in [0.5, 0.6) is 0 Å². The molecule has 4 aromatic rings. The van der Waals surface area contributed by atoms with Gasteiger partial charge >= 0.3 is 0 Å². The van der Waals surface area contributed by atoms with Gasteiger partial charge in [0.15, 0.2) is 0 Å². The summed E-state index contributed by atoms with van der Waals surface area (Å²) in [5.41, 5.74) is 8.42. The Labute approximate surface area is 203 Å². The monoisotopic (exact) mass is 466 g/mol. The van der Waals surface area contributed by atoms with Gasteiger partial charge in [0.2, 0.25) is 0 Å². The van der Waals surface area contributed by atoms with Gasteiger partial charge in [-0.05, 0) is 56.7 Å². The number of halogens is 2. The maximum absolute atomic E-state index is 7.11. The number of rotatable bonds is 2. The molecule has 4 aromatic carbocycles. The van der Waals surface area contributed by atoms with Crippen molar-refractivity contribution < 1.29 is 4.74 Å². The zero-order valence-corrected chi connectivity index (χ0v) is 19.2. The molecule has 6 rings (SSSR count). The minimum absolute atomic E-state index is 0.298. The Hall–Kier alpha value is -3.10. The average Bonchev–Trinajstić information content (AvgIpc) is 3.05. The normalized spacial score (nSPS) is 18.5. The molecule has 33 heavy (non-hydrogen) atoms. The smallest absolute Gasteiger partial charge is 0.110 e. The van der Waals surface area contributed by atoms with E-state index in [1.807, 2.05) is 48.6 Å². The van der Waals surface area contributed by atoms with Gasteiger partial charge in [-0.25, -0.2) is 0 Å². The summed E-state index contributed by atoms with van der Waals surface area (Å²) in [5, 5.41) is 1.44. The molecule has 0 amide bonds. The summed E-state index contributed by atoms with van der Waals surface area (Å²) in [6.45, 7) is 0. The molecule has 160 valence electrons. The summed E-state index contributed by atoms with van der Waals surface area (Å²) in [5.74, 6) is 0. The van der Waals surface area contributed by atoms with E-state index in [0.717, 1.165) is 54.6 Å². The Morgan fingerprint density at radius 2 is 0.818 bits per heavy atom. The summed E-state index contributed by atoms with van der Waals surface area (Å²) in [6.07, 6.45) is 3.47. The first-order chi connectivity index (χ1) is 16.2. The van der Waals surface area contributed by atoms with E-state index in [4.69, 9.17) is 27.9 Å². The van der Waals surface area contributed by atoms with Crippen molar-refractivity contribution in [3.05, 3.63) is 142 Å². The standard InChI is InChI=1S/C30H20Cl2O/c31-27-17-19-9-1-3-11-21(19)29(25-15-7-5-13-23(25)27)33-30-22-12-4-2-10-20(22)18-28(32)24-14-6-8-16-26(24)30/h1-18,29-30H/t29-,30+. The number of ether oxygens (including phenoxy) is 1. The molecule has 3 heteroatoms. The number of hydrogen-bond donors (Lipinski definition) is 0. The second kappa shape index (κ2) is 8.35. The first kappa shape index (κ1) is 20.5. The maximum atomic E-state index is 7.11. The molecular weight excluding hydrogens is 447 g/mol. The third-order valence-corrected chi connectivity index (χ3v) is 7.02. The van der Waals surface area contributed by atoms with Gasteiger partial charge in [0.05, 0.1) is 0 Å². The van der Waals surface area contributed by atoms with Crippen LogP contribution < -0.4 is 0 Å². The van der Waals surface area contributed by atoms with Crippen molar-refractivity contribution in [2.24, 2.45) is 0 Å². The van der Waals surface area contributed by atoms with Gasteiger partial charge in [-0.2, -0.15) is 0 Å². The van der Waals surface area contributed by atoms with E-state index in [9.17, 15) is 0 Å².